The summed E-state index contributed by atoms with van der Waals surface area (Å²) < 4.78 is 18.6. The number of hydrogen-bond acceptors (Lipinski definition) is 7. The lowest BCUT2D eigenvalue weighted by atomic mass is 9.76. The van der Waals surface area contributed by atoms with Gasteiger partial charge in [0.15, 0.2) is 0 Å². The molecule has 3 aliphatic heterocycles. The first kappa shape index (κ1) is 32.6. The van der Waals surface area contributed by atoms with E-state index in [0.717, 1.165) is 50.8 Å². The molecule has 1 N–H and O–H groups in total. The fourth-order valence-electron chi connectivity index (χ4n) is 6.46. The minimum absolute atomic E-state index is 0.198. The fraction of sp³-hybridized carbons (Fsp3) is 0.333. The van der Waals surface area contributed by atoms with Gasteiger partial charge in [-0.2, -0.15) is 0 Å². The number of amides is 3. The highest BCUT2D eigenvalue weighted by molar-refractivity contribution is 6.65. The van der Waals surface area contributed by atoms with E-state index in [0.29, 0.717) is 31.6 Å². The summed E-state index contributed by atoms with van der Waals surface area (Å²) in [5.74, 6) is 6.27. The Kier molecular flexibility index (Phi) is 8.51. The molecule has 49 heavy (non-hydrogen) atoms. The van der Waals surface area contributed by atoms with Crippen LogP contribution in [0.15, 0.2) is 72.9 Å². The molecule has 0 radical (unpaired) electrons. The largest absolute Gasteiger partial charge is 0.495 e. The molecule has 0 aliphatic carbocycles. The van der Waals surface area contributed by atoms with Crippen LogP contribution in [0, 0.1) is 11.8 Å². The summed E-state index contributed by atoms with van der Waals surface area (Å²) in [5.41, 5.74) is 4.18. The molecule has 1 aromatic heterocycles. The second-order valence-corrected chi connectivity index (χ2v) is 13.7. The maximum absolute atomic E-state index is 13.1. The van der Waals surface area contributed by atoms with Crippen molar-refractivity contribution in [2.24, 2.45) is 0 Å². The van der Waals surface area contributed by atoms with Crippen LogP contribution in [0.2, 0.25) is 0 Å². The molecule has 9 nitrogen and oxygen atoms in total. The van der Waals surface area contributed by atoms with Crippen LogP contribution in [0.3, 0.4) is 0 Å². The number of piperidine rings is 1. The summed E-state index contributed by atoms with van der Waals surface area (Å²) in [6.07, 6.45) is 3.82. The number of fused-ring (bicyclic) bond motifs is 2. The van der Waals surface area contributed by atoms with Gasteiger partial charge in [0.1, 0.15) is 11.8 Å². The molecule has 0 saturated carbocycles. The van der Waals surface area contributed by atoms with Crippen molar-refractivity contribution in [1.82, 2.24) is 15.2 Å². The van der Waals surface area contributed by atoms with Gasteiger partial charge < -0.3 is 18.9 Å². The third-order valence-electron chi connectivity index (χ3n) is 9.98. The molecule has 3 aromatic carbocycles. The summed E-state index contributed by atoms with van der Waals surface area (Å²) in [5, 5.41) is 4.42. The maximum atomic E-state index is 13.1. The molecule has 7 rings (SSSR count). The molecule has 3 aliphatic rings. The Morgan fingerprint density at radius 3 is 2.51 bits per heavy atom. The van der Waals surface area contributed by atoms with Crippen molar-refractivity contribution in [3.05, 3.63) is 89.6 Å². The number of imide groups is 1. The minimum Gasteiger partial charge on any atom is -0.494 e. The van der Waals surface area contributed by atoms with Crippen LogP contribution >= 0.6 is 0 Å². The summed E-state index contributed by atoms with van der Waals surface area (Å²) >= 11 is 0. The number of benzene rings is 3. The van der Waals surface area contributed by atoms with Gasteiger partial charge in [-0.25, -0.2) is 0 Å². The average Bonchev–Trinajstić information content (AvgIpc) is 3.53. The molecular weight excluding hydrogens is 617 g/mol. The lowest BCUT2D eigenvalue weighted by Gasteiger charge is -2.32. The number of nitrogens with zero attached hydrogens (tertiary/aromatic N) is 2. The van der Waals surface area contributed by atoms with Crippen LogP contribution in [0.1, 0.15) is 74.9 Å². The molecule has 10 heteroatoms. The molecule has 4 heterocycles. The zero-order chi connectivity index (χ0) is 34.3. The van der Waals surface area contributed by atoms with Gasteiger partial charge >= 0.3 is 7.12 Å². The molecule has 1 unspecified atom stereocenters. The van der Waals surface area contributed by atoms with E-state index in [9.17, 15) is 14.4 Å². The summed E-state index contributed by atoms with van der Waals surface area (Å²) in [4.78, 5) is 43.3. The highest BCUT2D eigenvalue weighted by Gasteiger charge is 2.52. The van der Waals surface area contributed by atoms with Gasteiger partial charge in [0.2, 0.25) is 11.8 Å². The van der Waals surface area contributed by atoms with Crippen molar-refractivity contribution < 1.29 is 28.4 Å². The number of carbonyl (C=O) groups excluding carboxylic acids is 3. The smallest absolute Gasteiger partial charge is 0.494 e. The normalized spacial score (nSPS) is 19.4. The van der Waals surface area contributed by atoms with E-state index >= 15 is 0 Å². The van der Waals surface area contributed by atoms with Crippen molar-refractivity contribution in [3.8, 4) is 28.8 Å². The van der Waals surface area contributed by atoms with Crippen molar-refractivity contribution >= 4 is 41.1 Å². The van der Waals surface area contributed by atoms with Crippen LogP contribution in [0.5, 0.6) is 5.75 Å². The van der Waals surface area contributed by atoms with Crippen molar-refractivity contribution in [2.75, 3.05) is 6.61 Å². The second-order valence-electron chi connectivity index (χ2n) is 13.7. The van der Waals surface area contributed by atoms with Gasteiger partial charge in [-0.05, 0) is 105 Å². The number of pyridine rings is 1. The maximum Gasteiger partial charge on any atom is 0.495 e. The second kappa shape index (κ2) is 12.8. The van der Waals surface area contributed by atoms with Gasteiger partial charge in [0.05, 0.1) is 23.5 Å². The summed E-state index contributed by atoms with van der Waals surface area (Å²) in [6, 6.07) is 21.0. The molecule has 2 fully saturated rings. The molecular formula is C39H38BN3O6. The van der Waals surface area contributed by atoms with E-state index in [1.54, 1.807) is 11.0 Å². The van der Waals surface area contributed by atoms with Crippen LogP contribution in [0.4, 0.5) is 0 Å². The Hall–Kier alpha value is -4.98. The molecule has 1 atom stereocenters. The third-order valence-corrected chi connectivity index (χ3v) is 9.98. The van der Waals surface area contributed by atoms with Crippen LogP contribution in [-0.4, -0.2) is 58.6 Å². The van der Waals surface area contributed by atoms with Gasteiger partial charge in [0.25, 0.3) is 5.91 Å². The first-order chi connectivity index (χ1) is 23.5. The lowest BCUT2D eigenvalue weighted by molar-refractivity contribution is -0.136. The molecule has 0 spiro atoms. The Balaban J connectivity index is 0.935. The number of aromatic nitrogens is 1. The first-order valence-corrected chi connectivity index (χ1v) is 16.7. The Morgan fingerprint density at radius 1 is 1.00 bits per heavy atom. The molecule has 248 valence electrons. The average molecular weight is 656 g/mol. The fourth-order valence-corrected chi connectivity index (χ4v) is 6.46. The van der Waals surface area contributed by atoms with Crippen LogP contribution in [0.25, 0.3) is 22.0 Å². The molecule has 2 saturated heterocycles. The van der Waals surface area contributed by atoms with E-state index in [4.69, 9.17) is 19.0 Å². The van der Waals surface area contributed by atoms with Gasteiger partial charge in [-0.15, -0.1) is 0 Å². The van der Waals surface area contributed by atoms with Crippen molar-refractivity contribution in [2.45, 2.75) is 77.2 Å². The van der Waals surface area contributed by atoms with Gasteiger partial charge in [-0.3, -0.25) is 24.7 Å². The zero-order valence-electron chi connectivity index (χ0n) is 28.2. The standard InChI is InChI=1S/C39H38BN3O6/c1-38(2)39(3,4)49-40(48-38)32-14-9-12-27-22-33(41-23-30(27)32)26-15-17-28(18-16-26)47-21-7-5-6-10-25-11-8-13-29-31(25)24-43(37(29)46)34-19-20-35(44)42-36(34)45/h8-9,11-18,22-23,34H,5,7,19-21,24H2,1-4H3,(H,42,44,45). The predicted molar refractivity (Wildman–Crippen MR) is 187 cm³/mol. The van der Waals surface area contributed by atoms with Crippen molar-refractivity contribution in [3.63, 3.8) is 0 Å². The number of rotatable bonds is 7. The van der Waals surface area contributed by atoms with E-state index in [1.165, 1.54) is 0 Å². The van der Waals surface area contributed by atoms with E-state index < -0.39 is 30.3 Å². The molecule has 4 aromatic rings. The molecule has 0 bridgehead atoms. The number of carbonyl (C=O) groups is 3. The third kappa shape index (κ3) is 6.32. The zero-order valence-corrected chi connectivity index (χ0v) is 28.2. The van der Waals surface area contributed by atoms with E-state index in [2.05, 4.69) is 57.0 Å². The van der Waals surface area contributed by atoms with Gasteiger partial charge in [0, 0.05) is 42.3 Å². The highest BCUT2D eigenvalue weighted by Crippen LogP contribution is 2.37. The monoisotopic (exact) mass is 655 g/mol. The quantitative estimate of drug-likeness (QED) is 0.127. The lowest BCUT2D eigenvalue weighted by Crippen LogP contribution is -2.52. The number of hydrogen-bond donors (Lipinski definition) is 1. The van der Waals surface area contributed by atoms with Crippen LogP contribution in [-0.2, 0) is 25.4 Å². The van der Waals surface area contributed by atoms with Crippen LogP contribution < -0.4 is 15.5 Å². The SMILES string of the molecule is CC1(C)OB(c2cccc3cc(-c4ccc(OCCCC#Cc5cccc6c5CN(C5CCC(=O)NC5=O)C6=O)cc4)ncc23)OC1(C)C. The molecule has 3 amide bonds. The Bertz CT molecular complexity index is 2010. The number of nitrogens with one attached hydrogen (secondary N) is 1. The summed E-state index contributed by atoms with van der Waals surface area (Å²) in [6.45, 7) is 9.04. The Labute approximate surface area is 286 Å². The number of ether oxygens (including phenoxy) is 1. The Morgan fingerprint density at radius 2 is 1.76 bits per heavy atom. The van der Waals surface area contributed by atoms with Crippen molar-refractivity contribution in [1.29, 1.82) is 0 Å². The highest BCUT2D eigenvalue weighted by atomic mass is 16.7. The topological polar surface area (TPSA) is 107 Å². The van der Waals surface area contributed by atoms with E-state index in [1.807, 2.05) is 54.7 Å². The summed E-state index contributed by atoms with van der Waals surface area (Å²) in [7, 11) is -0.452. The minimum atomic E-state index is -0.643. The number of unbranched alkanes of at least 4 members (excludes halogenated alkanes) is 1. The van der Waals surface area contributed by atoms with Gasteiger partial charge in [-0.1, -0.05) is 36.1 Å². The predicted octanol–water partition coefficient (Wildman–Crippen LogP) is 5.17. The first-order valence-electron chi connectivity index (χ1n) is 16.7. The van der Waals surface area contributed by atoms with E-state index in [-0.39, 0.29) is 18.2 Å².